The van der Waals surface area contributed by atoms with Crippen LogP contribution in [0.2, 0.25) is 0 Å². The standard InChI is InChI=1S/C17H11BrFN3O/c18-13-7-8-15(21-10-13)22-17(23)12-5-3-11(4-6-12)16-14(19)2-1-9-20-16/h1-10H,(H,21,22,23). The van der Waals surface area contributed by atoms with Crippen molar-refractivity contribution in [2.24, 2.45) is 0 Å². The van der Waals surface area contributed by atoms with Crippen LogP contribution in [0.25, 0.3) is 11.3 Å². The molecule has 3 rings (SSSR count). The van der Waals surface area contributed by atoms with Crippen LogP contribution in [-0.4, -0.2) is 15.9 Å². The zero-order valence-corrected chi connectivity index (χ0v) is 13.4. The van der Waals surface area contributed by atoms with E-state index < -0.39 is 5.82 Å². The fourth-order valence-electron chi connectivity index (χ4n) is 2.02. The molecule has 3 aromatic rings. The maximum atomic E-state index is 13.7. The van der Waals surface area contributed by atoms with Gasteiger partial charge in [0.2, 0.25) is 0 Å². The van der Waals surface area contributed by atoms with Crippen LogP contribution < -0.4 is 5.32 Å². The first kappa shape index (κ1) is 15.3. The molecule has 0 aliphatic carbocycles. The van der Waals surface area contributed by atoms with Crippen molar-refractivity contribution in [2.45, 2.75) is 0 Å². The molecule has 0 radical (unpaired) electrons. The molecular weight excluding hydrogens is 361 g/mol. The van der Waals surface area contributed by atoms with E-state index in [0.717, 1.165) is 4.47 Å². The summed E-state index contributed by atoms with van der Waals surface area (Å²) < 4.78 is 14.5. The molecule has 1 aromatic carbocycles. The number of hydrogen-bond donors (Lipinski definition) is 1. The lowest BCUT2D eigenvalue weighted by molar-refractivity contribution is 0.102. The molecule has 2 aromatic heterocycles. The Balaban J connectivity index is 1.78. The molecule has 0 atom stereocenters. The molecule has 23 heavy (non-hydrogen) atoms. The number of carbonyl (C=O) groups is 1. The van der Waals surface area contributed by atoms with Gasteiger partial charge in [0.25, 0.3) is 5.91 Å². The van der Waals surface area contributed by atoms with Crippen molar-refractivity contribution in [3.05, 3.63) is 76.8 Å². The monoisotopic (exact) mass is 371 g/mol. The molecule has 6 heteroatoms. The second-order valence-electron chi connectivity index (χ2n) is 4.73. The van der Waals surface area contributed by atoms with Gasteiger partial charge in [-0.25, -0.2) is 9.37 Å². The molecule has 1 N–H and O–H groups in total. The summed E-state index contributed by atoms with van der Waals surface area (Å²) in [5, 5.41) is 2.70. The third-order valence-corrected chi connectivity index (χ3v) is 3.62. The zero-order chi connectivity index (χ0) is 16.2. The van der Waals surface area contributed by atoms with Gasteiger partial charge in [-0.2, -0.15) is 0 Å². The van der Waals surface area contributed by atoms with Crippen LogP contribution in [0, 0.1) is 5.82 Å². The SMILES string of the molecule is O=C(Nc1ccc(Br)cn1)c1ccc(-c2ncccc2F)cc1. The van der Waals surface area contributed by atoms with Gasteiger partial charge in [0.15, 0.2) is 0 Å². The molecule has 114 valence electrons. The maximum absolute atomic E-state index is 13.7. The first-order chi connectivity index (χ1) is 11.1. The molecule has 1 amide bonds. The minimum Gasteiger partial charge on any atom is -0.307 e. The lowest BCUT2D eigenvalue weighted by Crippen LogP contribution is -2.12. The van der Waals surface area contributed by atoms with Gasteiger partial charge in [-0.05, 0) is 52.3 Å². The van der Waals surface area contributed by atoms with E-state index in [1.165, 1.54) is 18.3 Å². The summed E-state index contributed by atoms with van der Waals surface area (Å²) in [6, 6.07) is 12.9. The third-order valence-electron chi connectivity index (χ3n) is 3.15. The Bertz CT molecular complexity index is 835. The molecule has 4 nitrogen and oxygen atoms in total. The molecule has 0 saturated heterocycles. The van der Waals surface area contributed by atoms with Crippen LogP contribution in [0.4, 0.5) is 10.2 Å². The predicted octanol–water partition coefficient (Wildman–Crippen LogP) is 4.30. The van der Waals surface area contributed by atoms with Gasteiger partial charge in [-0.15, -0.1) is 0 Å². The number of carbonyl (C=O) groups excluding carboxylic acids is 1. The van der Waals surface area contributed by atoms with Gasteiger partial charge in [-0.1, -0.05) is 12.1 Å². The predicted molar refractivity (Wildman–Crippen MR) is 89.5 cm³/mol. The quantitative estimate of drug-likeness (QED) is 0.746. The summed E-state index contributed by atoms with van der Waals surface area (Å²) in [5.41, 5.74) is 1.32. The number of nitrogens with zero attached hydrogens (tertiary/aromatic N) is 2. The fraction of sp³-hybridized carbons (Fsp3) is 0. The number of benzene rings is 1. The smallest absolute Gasteiger partial charge is 0.256 e. The number of pyridine rings is 2. The van der Waals surface area contributed by atoms with Crippen LogP contribution in [0.5, 0.6) is 0 Å². The van der Waals surface area contributed by atoms with Crippen molar-refractivity contribution < 1.29 is 9.18 Å². The molecule has 0 saturated carbocycles. The second-order valence-corrected chi connectivity index (χ2v) is 5.64. The normalized spacial score (nSPS) is 10.3. The Kier molecular flexibility index (Phi) is 4.43. The van der Waals surface area contributed by atoms with E-state index in [1.54, 1.807) is 42.6 Å². The first-order valence-corrected chi connectivity index (χ1v) is 7.56. The summed E-state index contributed by atoms with van der Waals surface area (Å²) in [7, 11) is 0. The number of amides is 1. The van der Waals surface area contributed by atoms with E-state index in [0.29, 0.717) is 16.9 Å². The van der Waals surface area contributed by atoms with Gasteiger partial charge in [0.05, 0.1) is 0 Å². The van der Waals surface area contributed by atoms with E-state index in [1.807, 2.05) is 0 Å². The van der Waals surface area contributed by atoms with Crippen LogP contribution >= 0.6 is 15.9 Å². The average Bonchev–Trinajstić information content (AvgIpc) is 2.57. The van der Waals surface area contributed by atoms with Crippen LogP contribution in [0.3, 0.4) is 0 Å². The highest BCUT2D eigenvalue weighted by atomic mass is 79.9. The summed E-state index contributed by atoms with van der Waals surface area (Å²) in [4.78, 5) is 20.3. The fourth-order valence-corrected chi connectivity index (χ4v) is 2.25. The zero-order valence-electron chi connectivity index (χ0n) is 11.8. The van der Waals surface area contributed by atoms with Crippen LogP contribution in [0.1, 0.15) is 10.4 Å². The largest absolute Gasteiger partial charge is 0.307 e. The van der Waals surface area contributed by atoms with E-state index in [9.17, 15) is 9.18 Å². The number of hydrogen-bond acceptors (Lipinski definition) is 3. The van der Waals surface area contributed by atoms with Gasteiger partial charge >= 0.3 is 0 Å². The minimum atomic E-state index is -0.399. The Morgan fingerprint density at radius 2 is 1.83 bits per heavy atom. The minimum absolute atomic E-state index is 0.258. The molecule has 0 fully saturated rings. The van der Waals surface area contributed by atoms with Crippen molar-refractivity contribution in [3.63, 3.8) is 0 Å². The lowest BCUT2D eigenvalue weighted by Gasteiger charge is -2.06. The maximum Gasteiger partial charge on any atom is 0.256 e. The molecule has 0 aliphatic heterocycles. The first-order valence-electron chi connectivity index (χ1n) is 6.77. The Labute approximate surface area is 140 Å². The van der Waals surface area contributed by atoms with Gasteiger partial charge in [0.1, 0.15) is 17.3 Å². The highest BCUT2D eigenvalue weighted by Gasteiger charge is 2.09. The number of rotatable bonds is 3. The van der Waals surface area contributed by atoms with Gasteiger partial charge in [-0.3, -0.25) is 9.78 Å². The van der Waals surface area contributed by atoms with E-state index in [4.69, 9.17) is 0 Å². The summed E-state index contributed by atoms with van der Waals surface area (Å²) in [6.45, 7) is 0. The second kappa shape index (κ2) is 6.66. The lowest BCUT2D eigenvalue weighted by atomic mass is 10.1. The molecule has 0 aliphatic rings. The van der Waals surface area contributed by atoms with Crippen molar-refractivity contribution in [3.8, 4) is 11.3 Å². The van der Waals surface area contributed by atoms with Crippen molar-refractivity contribution in [2.75, 3.05) is 5.32 Å². The Morgan fingerprint density at radius 3 is 2.48 bits per heavy atom. The van der Waals surface area contributed by atoms with E-state index >= 15 is 0 Å². The van der Waals surface area contributed by atoms with Crippen LogP contribution in [0.15, 0.2) is 65.4 Å². The van der Waals surface area contributed by atoms with E-state index in [-0.39, 0.29) is 11.6 Å². The summed E-state index contributed by atoms with van der Waals surface area (Å²) in [6.07, 6.45) is 3.13. The summed E-state index contributed by atoms with van der Waals surface area (Å²) in [5.74, 6) is -0.227. The van der Waals surface area contributed by atoms with Gasteiger partial charge < -0.3 is 5.32 Å². The topological polar surface area (TPSA) is 54.9 Å². The highest BCUT2D eigenvalue weighted by Crippen LogP contribution is 2.20. The Hall–Kier alpha value is -2.60. The van der Waals surface area contributed by atoms with Crippen molar-refractivity contribution in [1.29, 1.82) is 0 Å². The Morgan fingerprint density at radius 1 is 1.04 bits per heavy atom. The van der Waals surface area contributed by atoms with Crippen LogP contribution in [-0.2, 0) is 0 Å². The number of halogens is 2. The number of anilines is 1. The number of aromatic nitrogens is 2. The van der Waals surface area contributed by atoms with Gasteiger partial charge in [0, 0.05) is 28.0 Å². The van der Waals surface area contributed by atoms with E-state index in [2.05, 4.69) is 31.2 Å². The van der Waals surface area contributed by atoms with Crippen molar-refractivity contribution in [1.82, 2.24) is 9.97 Å². The number of nitrogens with one attached hydrogen (secondary N) is 1. The van der Waals surface area contributed by atoms with Crippen molar-refractivity contribution >= 4 is 27.7 Å². The molecular formula is C17H11BrFN3O. The molecule has 0 spiro atoms. The average molecular weight is 372 g/mol. The molecule has 2 heterocycles. The third kappa shape index (κ3) is 3.60. The summed E-state index contributed by atoms with van der Waals surface area (Å²) >= 11 is 3.28. The molecule has 0 bridgehead atoms. The highest BCUT2D eigenvalue weighted by molar-refractivity contribution is 9.10. The molecule has 0 unspecified atom stereocenters.